The molecule has 0 amide bonds. The zero-order chi connectivity index (χ0) is 9.54. The molecular weight excluding hydrogens is 170 g/mol. The molecule has 1 heterocycles. The van der Waals surface area contributed by atoms with Gasteiger partial charge in [-0.15, -0.1) is 0 Å². The highest BCUT2D eigenvalue weighted by Gasteiger charge is 2.26. The van der Waals surface area contributed by atoms with Gasteiger partial charge in [-0.25, -0.2) is 0 Å². The smallest absolute Gasteiger partial charge is 0.0512 e. The molecule has 3 rings (SSSR count). The summed E-state index contributed by atoms with van der Waals surface area (Å²) in [6, 6.07) is 8.73. The van der Waals surface area contributed by atoms with Gasteiger partial charge in [-0.2, -0.15) is 0 Å². The predicted octanol–water partition coefficient (Wildman–Crippen LogP) is 3.42. The van der Waals surface area contributed by atoms with Crippen LogP contribution >= 0.6 is 0 Å². The maximum atomic E-state index is 4.50. The third-order valence-electron chi connectivity index (χ3n) is 2.91. The second kappa shape index (κ2) is 2.81. The molecule has 0 spiro atoms. The van der Waals surface area contributed by atoms with Crippen LogP contribution in [0.25, 0.3) is 10.8 Å². The van der Waals surface area contributed by atoms with Crippen molar-refractivity contribution in [1.82, 2.24) is 4.98 Å². The van der Waals surface area contributed by atoms with Crippen molar-refractivity contribution in [3.63, 3.8) is 0 Å². The number of aromatic nitrogens is 1. The quantitative estimate of drug-likeness (QED) is 0.660. The van der Waals surface area contributed by atoms with E-state index >= 15 is 0 Å². The van der Waals surface area contributed by atoms with Gasteiger partial charge in [0.2, 0.25) is 0 Å². The van der Waals surface area contributed by atoms with E-state index < -0.39 is 0 Å². The first-order chi connectivity index (χ1) is 6.84. The summed E-state index contributed by atoms with van der Waals surface area (Å²) in [5.74, 6) is 0.737. The van der Waals surface area contributed by atoms with Gasteiger partial charge in [-0.3, -0.25) is 4.98 Å². The Kier molecular flexibility index (Phi) is 1.60. The number of hydrogen-bond donors (Lipinski definition) is 0. The monoisotopic (exact) mass is 183 g/mol. The summed E-state index contributed by atoms with van der Waals surface area (Å²) in [5, 5.41) is 2.68. The normalized spacial score (nSPS) is 16.1. The number of benzene rings is 1. The first kappa shape index (κ1) is 7.98. The highest BCUT2D eigenvalue weighted by molar-refractivity contribution is 5.85. The van der Waals surface area contributed by atoms with Crippen LogP contribution in [-0.2, 0) is 0 Å². The molecule has 1 aliphatic carbocycles. The van der Waals surface area contributed by atoms with E-state index in [1.807, 2.05) is 6.20 Å². The van der Waals surface area contributed by atoms with Crippen molar-refractivity contribution in [2.75, 3.05) is 0 Å². The Morgan fingerprint density at radius 3 is 2.86 bits per heavy atom. The van der Waals surface area contributed by atoms with E-state index in [0.717, 1.165) is 5.92 Å². The van der Waals surface area contributed by atoms with E-state index in [4.69, 9.17) is 0 Å². The van der Waals surface area contributed by atoms with Gasteiger partial charge >= 0.3 is 0 Å². The molecule has 0 N–H and O–H groups in total. The average molecular weight is 183 g/mol. The van der Waals surface area contributed by atoms with Crippen LogP contribution in [0.3, 0.4) is 0 Å². The van der Waals surface area contributed by atoms with E-state index in [1.54, 1.807) is 0 Å². The van der Waals surface area contributed by atoms with Crippen molar-refractivity contribution in [2.24, 2.45) is 0 Å². The number of fused-ring (bicyclic) bond motifs is 1. The third kappa shape index (κ3) is 1.20. The third-order valence-corrected chi connectivity index (χ3v) is 2.91. The van der Waals surface area contributed by atoms with Gasteiger partial charge in [-0.05, 0) is 31.2 Å². The SMILES string of the molecule is Cc1ccc2c(C3CC3)nccc2c1. The Morgan fingerprint density at radius 1 is 1.21 bits per heavy atom. The summed E-state index contributed by atoms with van der Waals surface area (Å²) in [5.41, 5.74) is 2.63. The topological polar surface area (TPSA) is 12.9 Å². The van der Waals surface area contributed by atoms with Gasteiger partial charge < -0.3 is 0 Å². The Balaban J connectivity index is 2.30. The molecule has 0 aliphatic heterocycles. The minimum absolute atomic E-state index is 0.737. The van der Waals surface area contributed by atoms with Gasteiger partial charge in [-0.1, -0.05) is 23.8 Å². The summed E-state index contributed by atoms with van der Waals surface area (Å²) in [6.45, 7) is 2.14. The maximum absolute atomic E-state index is 4.50. The second-order valence-corrected chi connectivity index (χ2v) is 4.20. The molecule has 0 saturated heterocycles. The van der Waals surface area contributed by atoms with Crippen molar-refractivity contribution >= 4 is 10.8 Å². The first-order valence-electron chi connectivity index (χ1n) is 5.20. The van der Waals surface area contributed by atoms with Gasteiger partial charge in [0.05, 0.1) is 5.69 Å². The lowest BCUT2D eigenvalue weighted by Gasteiger charge is -2.04. The van der Waals surface area contributed by atoms with Crippen molar-refractivity contribution in [3.05, 3.63) is 41.7 Å². The fourth-order valence-electron chi connectivity index (χ4n) is 2.00. The molecule has 2 aromatic rings. The molecule has 0 radical (unpaired) electrons. The molecule has 1 aliphatic rings. The van der Waals surface area contributed by atoms with Gasteiger partial charge in [0.25, 0.3) is 0 Å². The predicted molar refractivity (Wildman–Crippen MR) is 58.5 cm³/mol. The zero-order valence-corrected chi connectivity index (χ0v) is 8.33. The Bertz CT molecular complexity index is 484. The molecule has 70 valence electrons. The Morgan fingerprint density at radius 2 is 2.07 bits per heavy atom. The second-order valence-electron chi connectivity index (χ2n) is 4.20. The minimum Gasteiger partial charge on any atom is -0.260 e. The van der Waals surface area contributed by atoms with Crippen LogP contribution in [0.4, 0.5) is 0 Å². The number of nitrogens with zero attached hydrogens (tertiary/aromatic N) is 1. The summed E-state index contributed by atoms with van der Waals surface area (Å²) < 4.78 is 0. The van der Waals surface area contributed by atoms with Crippen LogP contribution in [-0.4, -0.2) is 4.98 Å². The van der Waals surface area contributed by atoms with E-state index in [9.17, 15) is 0 Å². The molecule has 14 heavy (non-hydrogen) atoms. The van der Waals surface area contributed by atoms with E-state index in [2.05, 4.69) is 36.2 Å². The Hall–Kier alpha value is -1.37. The molecule has 1 aromatic carbocycles. The summed E-state index contributed by atoms with van der Waals surface area (Å²) >= 11 is 0. The molecular formula is C13H13N. The van der Waals surface area contributed by atoms with Gasteiger partial charge in [0.15, 0.2) is 0 Å². The Labute approximate surface area is 83.8 Å². The lowest BCUT2D eigenvalue weighted by molar-refractivity contribution is 1.05. The maximum Gasteiger partial charge on any atom is 0.0512 e. The largest absolute Gasteiger partial charge is 0.260 e. The molecule has 0 bridgehead atoms. The van der Waals surface area contributed by atoms with E-state index in [-0.39, 0.29) is 0 Å². The molecule has 1 saturated carbocycles. The van der Waals surface area contributed by atoms with Crippen molar-refractivity contribution in [3.8, 4) is 0 Å². The number of rotatable bonds is 1. The number of pyridine rings is 1. The van der Waals surface area contributed by atoms with Crippen LogP contribution in [0.5, 0.6) is 0 Å². The molecule has 0 atom stereocenters. The molecule has 1 aromatic heterocycles. The summed E-state index contributed by atoms with van der Waals surface area (Å²) in [7, 11) is 0. The fraction of sp³-hybridized carbons (Fsp3) is 0.308. The number of hydrogen-bond acceptors (Lipinski definition) is 1. The van der Waals surface area contributed by atoms with Crippen molar-refractivity contribution < 1.29 is 0 Å². The van der Waals surface area contributed by atoms with Crippen LogP contribution in [0.1, 0.15) is 30.0 Å². The molecule has 1 nitrogen and oxygen atoms in total. The van der Waals surface area contributed by atoms with Crippen LogP contribution in [0.2, 0.25) is 0 Å². The van der Waals surface area contributed by atoms with Crippen LogP contribution < -0.4 is 0 Å². The summed E-state index contributed by atoms with van der Waals surface area (Å²) in [4.78, 5) is 4.50. The van der Waals surface area contributed by atoms with E-state index in [1.165, 1.54) is 34.9 Å². The first-order valence-corrected chi connectivity index (χ1v) is 5.20. The molecule has 1 fully saturated rings. The highest BCUT2D eigenvalue weighted by atomic mass is 14.7. The lowest BCUT2D eigenvalue weighted by Crippen LogP contribution is -1.88. The van der Waals surface area contributed by atoms with Crippen molar-refractivity contribution in [1.29, 1.82) is 0 Å². The van der Waals surface area contributed by atoms with Crippen LogP contribution in [0.15, 0.2) is 30.5 Å². The standard InChI is InChI=1S/C13H13N/c1-9-2-5-12-11(8-9)6-7-14-13(12)10-3-4-10/h2,5-8,10H,3-4H2,1H3. The fourth-order valence-corrected chi connectivity index (χ4v) is 2.00. The summed E-state index contributed by atoms with van der Waals surface area (Å²) in [6.07, 6.45) is 4.58. The van der Waals surface area contributed by atoms with Crippen molar-refractivity contribution in [2.45, 2.75) is 25.7 Å². The highest BCUT2D eigenvalue weighted by Crippen LogP contribution is 2.41. The lowest BCUT2D eigenvalue weighted by atomic mass is 10.1. The van der Waals surface area contributed by atoms with Gasteiger partial charge in [0.1, 0.15) is 0 Å². The number of aryl methyl sites for hydroxylation is 1. The van der Waals surface area contributed by atoms with Gasteiger partial charge in [0, 0.05) is 17.5 Å². The average Bonchev–Trinajstić information content (AvgIpc) is 2.99. The van der Waals surface area contributed by atoms with Crippen LogP contribution in [0, 0.1) is 6.92 Å². The minimum atomic E-state index is 0.737. The molecule has 0 unspecified atom stereocenters. The van der Waals surface area contributed by atoms with E-state index in [0.29, 0.717) is 0 Å². The zero-order valence-electron chi connectivity index (χ0n) is 8.33. The molecule has 1 heteroatoms.